The van der Waals surface area contributed by atoms with E-state index in [9.17, 15) is 0 Å². The first-order valence-corrected chi connectivity index (χ1v) is 18.3. The fourth-order valence-electron chi connectivity index (χ4n) is 8.48. The molecule has 1 heterocycles. The van der Waals surface area contributed by atoms with Gasteiger partial charge in [-0.05, 0) is 98.2 Å². The molecule has 53 heavy (non-hydrogen) atoms. The topological polar surface area (TPSA) is 16.4 Å². The lowest BCUT2D eigenvalue weighted by molar-refractivity contribution is 0.619. The summed E-state index contributed by atoms with van der Waals surface area (Å²) in [5, 5.41) is 3.70. The first kappa shape index (κ1) is 31.1. The van der Waals surface area contributed by atoms with Crippen LogP contribution in [0.3, 0.4) is 0 Å². The van der Waals surface area contributed by atoms with Crippen molar-refractivity contribution in [3.05, 3.63) is 199 Å². The van der Waals surface area contributed by atoms with Gasteiger partial charge in [0.15, 0.2) is 0 Å². The highest BCUT2D eigenvalue weighted by molar-refractivity contribution is 5.97. The summed E-state index contributed by atoms with van der Waals surface area (Å²) in [6.07, 6.45) is 0. The Morgan fingerprint density at radius 2 is 0.925 bits per heavy atom. The summed E-state index contributed by atoms with van der Waals surface area (Å²) in [4.78, 5) is 2.35. The molecule has 8 aromatic carbocycles. The van der Waals surface area contributed by atoms with E-state index in [1.54, 1.807) is 0 Å². The highest BCUT2D eigenvalue weighted by atomic mass is 16.3. The Kier molecular flexibility index (Phi) is 7.19. The van der Waals surface area contributed by atoms with Crippen LogP contribution >= 0.6 is 0 Å². The van der Waals surface area contributed by atoms with Crippen molar-refractivity contribution in [2.75, 3.05) is 4.90 Å². The van der Waals surface area contributed by atoms with E-state index in [0.717, 1.165) is 28.4 Å². The van der Waals surface area contributed by atoms with Gasteiger partial charge in [0, 0.05) is 39.0 Å². The van der Waals surface area contributed by atoms with Gasteiger partial charge in [0.25, 0.3) is 0 Å². The summed E-state index contributed by atoms with van der Waals surface area (Å²) in [6.45, 7) is 4.67. The number of fused-ring (bicyclic) bond motifs is 6. The summed E-state index contributed by atoms with van der Waals surface area (Å²) < 4.78 is 6.50. The second-order valence-electron chi connectivity index (χ2n) is 14.6. The van der Waals surface area contributed by atoms with Gasteiger partial charge in [-0.2, -0.15) is 0 Å². The van der Waals surface area contributed by atoms with Crippen molar-refractivity contribution in [1.82, 2.24) is 0 Å². The zero-order chi connectivity index (χ0) is 35.5. The van der Waals surface area contributed by atoms with Crippen LogP contribution in [-0.2, 0) is 5.41 Å². The summed E-state index contributed by atoms with van der Waals surface area (Å²) in [6, 6.07) is 67.8. The van der Waals surface area contributed by atoms with Gasteiger partial charge < -0.3 is 9.32 Å². The van der Waals surface area contributed by atoms with E-state index < -0.39 is 0 Å². The Hall–Kier alpha value is -6.64. The molecule has 252 valence electrons. The van der Waals surface area contributed by atoms with Crippen LogP contribution in [0.1, 0.15) is 25.0 Å². The SMILES string of the molecule is CC1(C)c2c(-c3ccc(N(c4ccc(-c5ccccc5)cc4)c4ccc(-c5ccc6ccccc6c5)cc4)cc3)cccc2-c2oc3ccccc3c21. The Bertz CT molecular complexity index is 2770. The third-order valence-corrected chi connectivity index (χ3v) is 11.0. The number of furan rings is 1. The number of hydrogen-bond donors (Lipinski definition) is 0. The number of benzene rings is 8. The van der Waals surface area contributed by atoms with E-state index in [2.05, 4.69) is 201 Å². The molecule has 1 aromatic heterocycles. The molecule has 0 N–H and O–H groups in total. The van der Waals surface area contributed by atoms with Gasteiger partial charge in [0.1, 0.15) is 11.3 Å². The van der Waals surface area contributed by atoms with Crippen molar-refractivity contribution in [2.24, 2.45) is 0 Å². The number of hydrogen-bond acceptors (Lipinski definition) is 2. The molecule has 0 bridgehead atoms. The molecule has 0 spiro atoms. The molecule has 0 amide bonds. The smallest absolute Gasteiger partial charge is 0.139 e. The minimum atomic E-state index is -0.203. The van der Waals surface area contributed by atoms with Gasteiger partial charge in [-0.3, -0.25) is 0 Å². The number of rotatable bonds is 6. The average Bonchev–Trinajstić information content (AvgIpc) is 3.72. The van der Waals surface area contributed by atoms with Crippen LogP contribution < -0.4 is 4.90 Å². The Morgan fingerprint density at radius 1 is 0.396 bits per heavy atom. The molecule has 0 radical (unpaired) electrons. The van der Waals surface area contributed by atoms with Gasteiger partial charge in [0.2, 0.25) is 0 Å². The van der Waals surface area contributed by atoms with E-state index in [0.29, 0.717) is 0 Å². The summed E-state index contributed by atoms with van der Waals surface area (Å²) in [5.41, 5.74) is 15.1. The second-order valence-corrected chi connectivity index (χ2v) is 14.6. The van der Waals surface area contributed by atoms with Crippen molar-refractivity contribution in [3.8, 4) is 44.7 Å². The molecule has 0 saturated carbocycles. The summed E-state index contributed by atoms with van der Waals surface area (Å²) >= 11 is 0. The standard InChI is InChI=1S/C51H37NO/c1-51(2)48-44(16-10-17-46(48)50-49(51)45-15-8-9-18-47(45)53-50)38-25-31-43(32-26-38)52(41-27-21-36(22-28-41)34-11-4-3-5-12-34)42-29-23-37(24-30-42)40-20-19-35-13-6-7-14-39(35)33-40/h3-33H,1-2H3. The lowest BCUT2D eigenvalue weighted by Crippen LogP contribution is -2.16. The minimum Gasteiger partial charge on any atom is -0.456 e. The quantitative estimate of drug-likeness (QED) is 0.174. The lowest BCUT2D eigenvalue weighted by atomic mass is 9.78. The number of para-hydroxylation sites is 1. The fourth-order valence-corrected chi connectivity index (χ4v) is 8.48. The van der Waals surface area contributed by atoms with Gasteiger partial charge in [-0.1, -0.05) is 153 Å². The van der Waals surface area contributed by atoms with Crippen molar-refractivity contribution in [3.63, 3.8) is 0 Å². The van der Waals surface area contributed by atoms with Crippen LogP contribution in [-0.4, -0.2) is 0 Å². The average molecular weight is 680 g/mol. The van der Waals surface area contributed by atoms with Gasteiger partial charge >= 0.3 is 0 Å². The highest BCUT2D eigenvalue weighted by Gasteiger charge is 2.41. The number of nitrogens with zero attached hydrogens (tertiary/aromatic N) is 1. The van der Waals surface area contributed by atoms with Crippen molar-refractivity contribution in [2.45, 2.75) is 19.3 Å². The Labute approximate surface area is 310 Å². The first-order chi connectivity index (χ1) is 26.0. The van der Waals surface area contributed by atoms with E-state index in [1.807, 2.05) is 6.07 Å². The van der Waals surface area contributed by atoms with Crippen molar-refractivity contribution in [1.29, 1.82) is 0 Å². The molecule has 0 atom stereocenters. The Morgan fingerprint density at radius 3 is 1.62 bits per heavy atom. The third-order valence-electron chi connectivity index (χ3n) is 11.0. The monoisotopic (exact) mass is 679 g/mol. The largest absolute Gasteiger partial charge is 0.456 e. The van der Waals surface area contributed by atoms with E-state index >= 15 is 0 Å². The summed E-state index contributed by atoms with van der Waals surface area (Å²) in [5.74, 6) is 1.00. The van der Waals surface area contributed by atoms with Crippen LogP contribution in [0.2, 0.25) is 0 Å². The molecule has 1 aliphatic carbocycles. The molecule has 1 aliphatic rings. The molecular weight excluding hydrogens is 643 g/mol. The maximum atomic E-state index is 6.50. The zero-order valence-electron chi connectivity index (χ0n) is 29.8. The van der Waals surface area contributed by atoms with Crippen molar-refractivity contribution >= 4 is 38.8 Å². The third kappa shape index (κ3) is 5.18. The second kappa shape index (κ2) is 12.3. The molecule has 9 aromatic rings. The van der Waals surface area contributed by atoms with Crippen LogP contribution in [0.15, 0.2) is 192 Å². The number of anilines is 3. The molecular formula is C51H37NO. The predicted octanol–water partition coefficient (Wildman–Crippen LogP) is 14.4. The normalized spacial score (nSPS) is 12.9. The van der Waals surface area contributed by atoms with Crippen LogP contribution in [0.5, 0.6) is 0 Å². The van der Waals surface area contributed by atoms with E-state index in [1.165, 1.54) is 66.2 Å². The van der Waals surface area contributed by atoms with E-state index in [-0.39, 0.29) is 5.41 Å². The van der Waals surface area contributed by atoms with Crippen LogP contribution in [0, 0.1) is 0 Å². The van der Waals surface area contributed by atoms with Gasteiger partial charge in [0.05, 0.1) is 0 Å². The minimum absolute atomic E-state index is 0.203. The molecule has 0 saturated heterocycles. The van der Waals surface area contributed by atoms with Crippen LogP contribution in [0.4, 0.5) is 17.1 Å². The first-order valence-electron chi connectivity index (χ1n) is 18.3. The van der Waals surface area contributed by atoms with Gasteiger partial charge in [-0.15, -0.1) is 0 Å². The lowest BCUT2D eigenvalue weighted by Gasteiger charge is -2.27. The molecule has 0 unspecified atom stereocenters. The Balaban J connectivity index is 1.04. The zero-order valence-corrected chi connectivity index (χ0v) is 29.8. The molecule has 0 fully saturated rings. The highest BCUT2D eigenvalue weighted by Crippen LogP contribution is 2.55. The maximum absolute atomic E-state index is 6.50. The molecule has 2 heteroatoms. The molecule has 2 nitrogen and oxygen atoms in total. The molecule has 10 rings (SSSR count). The maximum Gasteiger partial charge on any atom is 0.139 e. The predicted molar refractivity (Wildman–Crippen MR) is 222 cm³/mol. The van der Waals surface area contributed by atoms with Crippen molar-refractivity contribution < 1.29 is 4.42 Å². The van der Waals surface area contributed by atoms with E-state index in [4.69, 9.17) is 4.42 Å². The van der Waals surface area contributed by atoms with Gasteiger partial charge in [-0.25, -0.2) is 0 Å². The molecule has 0 aliphatic heterocycles. The summed E-state index contributed by atoms with van der Waals surface area (Å²) in [7, 11) is 0. The fraction of sp³-hybridized carbons (Fsp3) is 0.0588. The van der Waals surface area contributed by atoms with Crippen LogP contribution in [0.25, 0.3) is 66.4 Å².